The van der Waals surface area contributed by atoms with E-state index in [4.69, 9.17) is 10.5 Å². The number of benzene rings is 1. The van der Waals surface area contributed by atoms with E-state index in [-0.39, 0.29) is 0 Å². The number of hydrogen-bond acceptors (Lipinski definition) is 5. The quantitative estimate of drug-likeness (QED) is 0.874. The Kier molecular flexibility index (Phi) is 3.48. The Labute approximate surface area is 98.1 Å². The molecule has 2 N–H and O–H groups in total. The average molecular weight is 235 g/mol. The molecule has 1 aromatic carbocycles. The minimum absolute atomic E-state index is 0.454. The lowest BCUT2D eigenvalue weighted by Gasteiger charge is -2.01. The van der Waals surface area contributed by atoms with E-state index in [1.54, 1.807) is 18.4 Å². The second-order valence-corrected chi connectivity index (χ2v) is 4.47. The van der Waals surface area contributed by atoms with Gasteiger partial charge in [0.25, 0.3) is 0 Å². The van der Waals surface area contributed by atoms with Gasteiger partial charge in [0.15, 0.2) is 0 Å². The van der Waals surface area contributed by atoms with Gasteiger partial charge in [0.05, 0.1) is 7.11 Å². The maximum Gasteiger partial charge on any atom is 0.131 e. The molecule has 2 rings (SSSR count). The van der Waals surface area contributed by atoms with E-state index < -0.39 is 0 Å². The molecular formula is C11H13N3OS. The van der Waals surface area contributed by atoms with Crippen LogP contribution in [0.25, 0.3) is 0 Å². The molecule has 0 aliphatic rings. The van der Waals surface area contributed by atoms with Crippen molar-refractivity contribution >= 4 is 11.3 Å². The molecule has 84 valence electrons. The molecule has 2 aromatic rings. The molecule has 0 bridgehead atoms. The Morgan fingerprint density at radius 1 is 1.31 bits per heavy atom. The summed E-state index contributed by atoms with van der Waals surface area (Å²) >= 11 is 1.55. The van der Waals surface area contributed by atoms with E-state index >= 15 is 0 Å². The van der Waals surface area contributed by atoms with Crippen molar-refractivity contribution in [1.29, 1.82) is 0 Å². The lowest BCUT2D eigenvalue weighted by Crippen LogP contribution is -1.94. The molecule has 5 heteroatoms. The zero-order valence-corrected chi connectivity index (χ0v) is 9.83. The number of hydrogen-bond donors (Lipinski definition) is 1. The highest BCUT2D eigenvalue weighted by Gasteiger charge is 2.04. The van der Waals surface area contributed by atoms with Gasteiger partial charge in [-0.15, -0.1) is 10.2 Å². The monoisotopic (exact) mass is 235 g/mol. The summed E-state index contributed by atoms with van der Waals surface area (Å²) in [5, 5.41) is 9.92. The predicted octanol–water partition coefficient (Wildman–Crippen LogP) is 1.60. The molecule has 4 nitrogen and oxygen atoms in total. The number of nitrogens with zero attached hydrogens (tertiary/aromatic N) is 2. The number of nitrogens with two attached hydrogens (primary N) is 1. The lowest BCUT2D eigenvalue weighted by atomic mass is 10.1. The third-order valence-electron chi connectivity index (χ3n) is 2.17. The number of rotatable bonds is 4. The van der Waals surface area contributed by atoms with Crippen LogP contribution in [-0.2, 0) is 13.0 Å². The average Bonchev–Trinajstić information content (AvgIpc) is 2.77. The Morgan fingerprint density at radius 2 is 2.12 bits per heavy atom. The van der Waals surface area contributed by atoms with Crippen molar-refractivity contribution in [2.45, 2.75) is 13.0 Å². The van der Waals surface area contributed by atoms with Crippen LogP contribution < -0.4 is 10.5 Å². The third-order valence-corrected chi connectivity index (χ3v) is 3.12. The van der Waals surface area contributed by atoms with Crippen LogP contribution in [0.2, 0.25) is 0 Å². The van der Waals surface area contributed by atoms with Gasteiger partial charge in [0.2, 0.25) is 0 Å². The number of aromatic nitrogens is 2. The molecule has 1 heterocycles. The first-order valence-electron chi connectivity index (χ1n) is 4.96. The van der Waals surface area contributed by atoms with Gasteiger partial charge in [-0.1, -0.05) is 23.5 Å². The first-order chi connectivity index (χ1) is 7.81. The van der Waals surface area contributed by atoms with Gasteiger partial charge in [-0.05, 0) is 17.7 Å². The molecule has 0 radical (unpaired) electrons. The van der Waals surface area contributed by atoms with Crippen LogP contribution in [0, 0.1) is 0 Å². The topological polar surface area (TPSA) is 61.0 Å². The van der Waals surface area contributed by atoms with Gasteiger partial charge < -0.3 is 10.5 Å². The fourth-order valence-corrected chi connectivity index (χ4v) is 2.16. The SMILES string of the molecule is COc1cccc(Cc2nnc(CN)s2)c1. The van der Waals surface area contributed by atoms with Gasteiger partial charge in [0.1, 0.15) is 15.8 Å². The zero-order chi connectivity index (χ0) is 11.4. The minimum atomic E-state index is 0.454. The second kappa shape index (κ2) is 5.05. The second-order valence-electron chi connectivity index (χ2n) is 3.32. The van der Waals surface area contributed by atoms with E-state index in [0.29, 0.717) is 6.54 Å². The summed E-state index contributed by atoms with van der Waals surface area (Å²) in [4.78, 5) is 0. The fourth-order valence-electron chi connectivity index (χ4n) is 1.40. The molecular weight excluding hydrogens is 222 g/mol. The summed E-state index contributed by atoms with van der Waals surface area (Å²) in [7, 11) is 1.66. The predicted molar refractivity (Wildman–Crippen MR) is 63.6 cm³/mol. The summed E-state index contributed by atoms with van der Waals surface area (Å²) in [6.07, 6.45) is 0.773. The first-order valence-corrected chi connectivity index (χ1v) is 5.77. The van der Waals surface area contributed by atoms with Crippen LogP contribution in [0.4, 0.5) is 0 Å². The molecule has 0 fully saturated rings. The molecule has 1 aromatic heterocycles. The summed E-state index contributed by atoms with van der Waals surface area (Å²) < 4.78 is 5.17. The molecule has 0 saturated heterocycles. The maximum atomic E-state index is 5.49. The van der Waals surface area contributed by atoms with Crippen molar-refractivity contribution in [3.63, 3.8) is 0 Å². The van der Waals surface area contributed by atoms with Crippen molar-refractivity contribution in [1.82, 2.24) is 10.2 Å². The summed E-state index contributed by atoms with van der Waals surface area (Å²) in [6.45, 7) is 0.454. The van der Waals surface area contributed by atoms with Gasteiger partial charge >= 0.3 is 0 Å². The molecule has 0 atom stereocenters. The Bertz CT molecular complexity index is 470. The highest BCUT2D eigenvalue weighted by molar-refractivity contribution is 7.11. The smallest absolute Gasteiger partial charge is 0.131 e. The highest BCUT2D eigenvalue weighted by atomic mass is 32.1. The van der Waals surface area contributed by atoms with E-state index in [1.807, 2.05) is 24.3 Å². The standard InChI is InChI=1S/C11H13N3OS/c1-15-9-4-2-3-8(5-9)6-10-13-14-11(7-12)16-10/h2-5H,6-7,12H2,1H3. The Balaban J connectivity index is 2.13. The Morgan fingerprint density at radius 3 is 2.81 bits per heavy atom. The zero-order valence-electron chi connectivity index (χ0n) is 9.01. The molecule has 0 spiro atoms. The largest absolute Gasteiger partial charge is 0.497 e. The Hall–Kier alpha value is -1.46. The molecule has 0 aliphatic heterocycles. The number of methoxy groups -OCH3 is 1. The maximum absolute atomic E-state index is 5.49. The van der Waals surface area contributed by atoms with Crippen LogP contribution in [0.5, 0.6) is 5.75 Å². The van der Waals surface area contributed by atoms with Gasteiger partial charge in [-0.25, -0.2) is 0 Å². The lowest BCUT2D eigenvalue weighted by molar-refractivity contribution is 0.414. The fraction of sp³-hybridized carbons (Fsp3) is 0.273. The van der Waals surface area contributed by atoms with Crippen LogP contribution in [0.3, 0.4) is 0 Å². The van der Waals surface area contributed by atoms with Crippen molar-refractivity contribution in [3.05, 3.63) is 39.8 Å². The third kappa shape index (κ3) is 2.56. The minimum Gasteiger partial charge on any atom is -0.497 e. The van der Waals surface area contributed by atoms with Gasteiger partial charge in [0, 0.05) is 13.0 Å². The molecule has 0 unspecified atom stereocenters. The molecule has 0 saturated carbocycles. The van der Waals surface area contributed by atoms with Crippen LogP contribution >= 0.6 is 11.3 Å². The van der Waals surface area contributed by atoms with Crippen molar-refractivity contribution < 1.29 is 4.74 Å². The van der Waals surface area contributed by atoms with Gasteiger partial charge in [-0.2, -0.15) is 0 Å². The van der Waals surface area contributed by atoms with Gasteiger partial charge in [-0.3, -0.25) is 0 Å². The molecule has 0 aliphatic carbocycles. The first kappa shape index (κ1) is 11.0. The molecule has 0 amide bonds. The highest BCUT2D eigenvalue weighted by Crippen LogP contribution is 2.18. The van der Waals surface area contributed by atoms with Crippen molar-refractivity contribution in [2.24, 2.45) is 5.73 Å². The van der Waals surface area contributed by atoms with E-state index in [1.165, 1.54) is 5.56 Å². The van der Waals surface area contributed by atoms with Crippen molar-refractivity contribution in [3.8, 4) is 5.75 Å². The summed E-state index contributed by atoms with van der Waals surface area (Å²) in [6, 6.07) is 7.95. The summed E-state index contributed by atoms with van der Waals surface area (Å²) in [5.74, 6) is 0.862. The van der Waals surface area contributed by atoms with Crippen LogP contribution in [-0.4, -0.2) is 17.3 Å². The molecule has 16 heavy (non-hydrogen) atoms. The van der Waals surface area contributed by atoms with E-state index in [9.17, 15) is 0 Å². The van der Waals surface area contributed by atoms with Crippen LogP contribution in [0.1, 0.15) is 15.6 Å². The number of ether oxygens (including phenoxy) is 1. The van der Waals surface area contributed by atoms with E-state index in [2.05, 4.69) is 10.2 Å². The van der Waals surface area contributed by atoms with Crippen molar-refractivity contribution in [2.75, 3.05) is 7.11 Å². The summed E-state index contributed by atoms with van der Waals surface area (Å²) in [5.41, 5.74) is 6.66. The normalized spacial score (nSPS) is 10.4. The van der Waals surface area contributed by atoms with E-state index in [0.717, 1.165) is 22.2 Å². The van der Waals surface area contributed by atoms with Crippen LogP contribution in [0.15, 0.2) is 24.3 Å².